The number of quaternary nitrogens is 1. The van der Waals surface area contributed by atoms with Gasteiger partial charge in [-0.2, -0.15) is 0 Å². The molecule has 0 bridgehead atoms. The number of thiophene rings is 1. The van der Waals surface area contributed by atoms with Crippen molar-refractivity contribution >= 4 is 39.1 Å². The van der Waals surface area contributed by atoms with Gasteiger partial charge in [-0.3, -0.25) is 0 Å². The van der Waals surface area contributed by atoms with Crippen molar-refractivity contribution in [2.45, 2.75) is 50.5 Å². The van der Waals surface area contributed by atoms with E-state index in [-0.39, 0.29) is 5.60 Å². The van der Waals surface area contributed by atoms with Gasteiger partial charge in [0.2, 0.25) is 0 Å². The molecule has 0 unspecified atom stereocenters. The van der Waals surface area contributed by atoms with Crippen LogP contribution in [0.3, 0.4) is 0 Å². The lowest BCUT2D eigenvalue weighted by Crippen LogP contribution is -3.05. The Morgan fingerprint density at radius 3 is 2.84 bits per heavy atom. The average Bonchev–Trinajstić information content (AvgIpc) is 2.95. The third kappa shape index (κ3) is 4.10. The highest BCUT2D eigenvalue weighted by Gasteiger charge is 2.33. The summed E-state index contributed by atoms with van der Waals surface area (Å²) in [5.74, 6) is 1.00. The maximum Gasteiger partial charge on any atom is 0.190 e. The highest BCUT2D eigenvalue weighted by atomic mass is 32.2. The summed E-state index contributed by atoms with van der Waals surface area (Å²) in [7, 11) is 4.38. The first-order valence-corrected chi connectivity index (χ1v) is 11.0. The van der Waals surface area contributed by atoms with Crippen molar-refractivity contribution in [2.75, 3.05) is 38.8 Å². The molecule has 1 atom stereocenters. The zero-order valence-electron chi connectivity index (χ0n) is 15.9. The monoisotopic (exact) mass is 381 g/mol. The second-order valence-electron chi connectivity index (χ2n) is 7.25. The van der Waals surface area contributed by atoms with Crippen molar-refractivity contribution in [1.82, 2.24) is 9.97 Å². The zero-order chi connectivity index (χ0) is 18.0. The molecule has 2 aromatic heterocycles. The molecule has 1 aliphatic rings. The second-order valence-corrected chi connectivity index (χ2v) is 9.11. The van der Waals surface area contributed by atoms with Gasteiger partial charge in [-0.15, -0.1) is 11.3 Å². The van der Waals surface area contributed by atoms with Crippen LogP contribution in [-0.4, -0.2) is 49.0 Å². The fourth-order valence-electron chi connectivity index (χ4n) is 3.15. The van der Waals surface area contributed by atoms with E-state index in [4.69, 9.17) is 14.7 Å². The van der Waals surface area contributed by atoms with Gasteiger partial charge in [-0.1, -0.05) is 18.7 Å². The fourth-order valence-corrected chi connectivity index (χ4v) is 4.67. The van der Waals surface area contributed by atoms with E-state index in [0.29, 0.717) is 6.61 Å². The van der Waals surface area contributed by atoms with Crippen LogP contribution in [0.5, 0.6) is 0 Å². The number of fused-ring (bicyclic) bond motifs is 3. The Balaban J connectivity index is 1.95. The second kappa shape index (κ2) is 7.78. The number of aromatic nitrogens is 2. The number of hydrogen-bond donors (Lipinski definition) is 2. The topological polar surface area (TPSA) is 51.5 Å². The smallest absolute Gasteiger partial charge is 0.190 e. The molecule has 0 fully saturated rings. The third-order valence-corrected chi connectivity index (χ3v) is 6.54. The van der Waals surface area contributed by atoms with Gasteiger partial charge in [0.25, 0.3) is 0 Å². The molecule has 0 saturated carbocycles. The van der Waals surface area contributed by atoms with E-state index in [9.17, 15) is 0 Å². The molecule has 5 nitrogen and oxygen atoms in total. The Morgan fingerprint density at radius 2 is 2.16 bits per heavy atom. The van der Waals surface area contributed by atoms with Crippen molar-refractivity contribution in [3.63, 3.8) is 0 Å². The Kier molecular flexibility index (Phi) is 5.88. The van der Waals surface area contributed by atoms with Crippen LogP contribution in [0.4, 0.5) is 5.82 Å². The number of nitrogens with zero attached hydrogens (tertiary/aromatic N) is 2. The quantitative estimate of drug-likeness (QED) is 0.439. The Bertz CT molecular complexity index is 746. The largest absolute Gasteiger partial charge is 0.369 e. The molecule has 0 amide bonds. The van der Waals surface area contributed by atoms with Gasteiger partial charge in [0.15, 0.2) is 5.16 Å². The van der Waals surface area contributed by atoms with E-state index in [0.717, 1.165) is 48.2 Å². The highest BCUT2D eigenvalue weighted by molar-refractivity contribution is 7.98. The molecule has 2 N–H and O–H groups in total. The lowest BCUT2D eigenvalue weighted by molar-refractivity contribution is -0.858. The molecule has 0 radical (unpaired) electrons. The van der Waals surface area contributed by atoms with Crippen LogP contribution in [0.15, 0.2) is 5.16 Å². The first-order valence-electron chi connectivity index (χ1n) is 8.99. The van der Waals surface area contributed by atoms with Crippen LogP contribution in [0, 0.1) is 0 Å². The SMILES string of the molecule is CC[C@]1(C)Cc2c(sc3nc(SC)nc(NCCC[NH+](C)C)c23)CO1. The Morgan fingerprint density at radius 1 is 1.36 bits per heavy atom. The molecule has 3 rings (SSSR count). The molecule has 25 heavy (non-hydrogen) atoms. The minimum Gasteiger partial charge on any atom is -0.369 e. The minimum absolute atomic E-state index is 0.0786. The minimum atomic E-state index is -0.0786. The van der Waals surface area contributed by atoms with Crippen molar-refractivity contribution in [3.05, 3.63) is 10.4 Å². The summed E-state index contributed by atoms with van der Waals surface area (Å²) in [6, 6.07) is 0. The zero-order valence-corrected chi connectivity index (χ0v) is 17.5. The van der Waals surface area contributed by atoms with Crippen LogP contribution in [0.2, 0.25) is 0 Å². The standard InChI is InChI=1S/C18H28N4OS2/c1-6-18(2)10-12-13(11-23-18)25-16-14(12)15(20-17(21-16)24-5)19-8-7-9-22(3)4/h6-11H2,1-5H3,(H,19,20,21)/p+1/t18-/m1/s1. The van der Waals surface area contributed by atoms with E-state index >= 15 is 0 Å². The predicted octanol–water partition coefficient (Wildman–Crippen LogP) is 2.60. The normalized spacial score (nSPS) is 20.2. The number of rotatable bonds is 7. The molecule has 0 spiro atoms. The molecule has 2 aromatic rings. The van der Waals surface area contributed by atoms with Gasteiger partial charge in [0.05, 0.1) is 38.2 Å². The van der Waals surface area contributed by atoms with Crippen LogP contribution in [0.25, 0.3) is 10.2 Å². The molecule has 3 heterocycles. The van der Waals surface area contributed by atoms with Gasteiger partial charge in [-0.25, -0.2) is 9.97 Å². The number of anilines is 1. The Hall–Kier alpha value is -0.890. The summed E-state index contributed by atoms with van der Waals surface area (Å²) in [5, 5.41) is 5.65. The van der Waals surface area contributed by atoms with Crippen LogP contribution >= 0.6 is 23.1 Å². The van der Waals surface area contributed by atoms with Gasteiger partial charge in [0.1, 0.15) is 10.6 Å². The maximum absolute atomic E-state index is 6.13. The van der Waals surface area contributed by atoms with Gasteiger partial charge in [0, 0.05) is 24.3 Å². The van der Waals surface area contributed by atoms with E-state index in [1.165, 1.54) is 20.7 Å². The number of ether oxygens (including phenoxy) is 1. The van der Waals surface area contributed by atoms with Gasteiger partial charge in [-0.05, 0) is 25.2 Å². The Labute approximate surface area is 158 Å². The summed E-state index contributed by atoms with van der Waals surface area (Å²) < 4.78 is 6.13. The molecule has 0 aliphatic carbocycles. The summed E-state index contributed by atoms with van der Waals surface area (Å²) in [6.07, 6.45) is 5.12. The molecule has 7 heteroatoms. The molecular formula is C18H29N4OS2+. The van der Waals surface area contributed by atoms with E-state index in [1.807, 2.05) is 6.26 Å². The van der Waals surface area contributed by atoms with Crippen molar-refractivity contribution in [1.29, 1.82) is 0 Å². The summed E-state index contributed by atoms with van der Waals surface area (Å²) >= 11 is 3.37. The summed E-state index contributed by atoms with van der Waals surface area (Å²) in [6.45, 7) is 7.20. The van der Waals surface area contributed by atoms with Crippen molar-refractivity contribution in [2.24, 2.45) is 0 Å². The lowest BCUT2D eigenvalue weighted by atomic mass is 9.90. The number of nitrogens with one attached hydrogen (secondary N) is 2. The van der Waals surface area contributed by atoms with Crippen LogP contribution < -0.4 is 10.2 Å². The van der Waals surface area contributed by atoms with Gasteiger partial charge < -0.3 is 15.0 Å². The highest BCUT2D eigenvalue weighted by Crippen LogP contribution is 2.42. The molecule has 0 saturated heterocycles. The summed E-state index contributed by atoms with van der Waals surface area (Å²) in [4.78, 5) is 13.4. The van der Waals surface area contributed by atoms with E-state index < -0.39 is 0 Å². The number of thioether (sulfide) groups is 1. The van der Waals surface area contributed by atoms with Crippen molar-refractivity contribution < 1.29 is 9.64 Å². The molecule has 138 valence electrons. The van der Waals surface area contributed by atoms with Gasteiger partial charge >= 0.3 is 0 Å². The molecule has 0 aromatic carbocycles. The fraction of sp³-hybridized carbons (Fsp3) is 0.667. The predicted molar refractivity (Wildman–Crippen MR) is 107 cm³/mol. The first-order chi connectivity index (χ1) is 12.0. The first kappa shape index (κ1) is 18.9. The summed E-state index contributed by atoms with van der Waals surface area (Å²) in [5.41, 5.74) is 1.31. The van der Waals surface area contributed by atoms with Crippen LogP contribution in [-0.2, 0) is 17.8 Å². The maximum atomic E-state index is 6.13. The van der Waals surface area contributed by atoms with E-state index in [2.05, 4.69) is 33.3 Å². The van der Waals surface area contributed by atoms with Crippen molar-refractivity contribution in [3.8, 4) is 0 Å². The number of hydrogen-bond acceptors (Lipinski definition) is 6. The average molecular weight is 382 g/mol. The van der Waals surface area contributed by atoms with E-state index in [1.54, 1.807) is 23.1 Å². The lowest BCUT2D eigenvalue weighted by Gasteiger charge is -2.33. The molecular weight excluding hydrogens is 352 g/mol. The third-order valence-electron chi connectivity index (χ3n) is 4.89. The van der Waals surface area contributed by atoms with Crippen LogP contribution in [0.1, 0.15) is 37.1 Å². The molecule has 1 aliphatic heterocycles.